The second kappa shape index (κ2) is 6.27. The molecule has 0 atom stereocenters. The first-order valence-corrected chi connectivity index (χ1v) is 4.90. The van der Waals surface area contributed by atoms with Crippen molar-refractivity contribution in [3.05, 3.63) is 12.2 Å². The van der Waals surface area contributed by atoms with Crippen LogP contribution in [0.2, 0.25) is 0 Å². The van der Waals surface area contributed by atoms with Crippen molar-refractivity contribution in [2.45, 2.75) is 19.4 Å². The average molecular weight is 229 g/mol. The number of carbonyl (C=O) groups excluding carboxylic acids is 2. The predicted octanol–water partition coefficient (Wildman–Crippen LogP) is 0.599. The Bertz CT molecular complexity index is 282. The van der Waals surface area contributed by atoms with E-state index in [2.05, 4.69) is 4.74 Å². The van der Waals surface area contributed by atoms with Crippen molar-refractivity contribution in [3.8, 4) is 0 Å². The molecule has 92 valence electrons. The van der Waals surface area contributed by atoms with Gasteiger partial charge in [0, 0.05) is 18.7 Å². The number of ether oxygens (including phenoxy) is 2. The summed E-state index contributed by atoms with van der Waals surface area (Å²) in [6.07, 6.45) is 2.09. The highest BCUT2D eigenvalue weighted by molar-refractivity contribution is 5.91. The standard InChI is InChI=1S/C11H19NO4/c1-11(2,8-12(3)4)16-10(14)7-6-9(13)15-5/h6-7H,8H2,1-5H3/b7-6+. The summed E-state index contributed by atoms with van der Waals surface area (Å²) >= 11 is 0. The molecular formula is C11H19NO4. The molecule has 0 fully saturated rings. The van der Waals surface area contributed by atoms with Crippen LogP contribution in [0, 0.1) is 0 Å². The zero-order chi connectivity index (χ0) is 12.8. The lowest BCUT2D eigenvalue weighted by Gasteiger charge is -2.27. The Balaban J connectivity index is 4.23. The minimum Gasteiger partial charge on any atom is -0.466 e. The van der Waals surface area contributed by atoms with Crippen molar-refractivity contribution < 1.29 is 19.1 Å². The maximum atomic E-state index is 11.3. The monoisotopic (exact) mass is 229 g/mol. The van der Waals surface area contributed by atoms with E-state index in [0.29, 0.717) is 6.54 Å². The zero-order valence-corrected chi connectivity index (χ0v) is 10.4. The summed E-state index contributed by atoms with van der Waals surface area (Å²) in [4.78, 5) is 24.0. The number of nitrogens with zero attached hydrogens (tertiary/aromatic N) is 1. The minimum absolute atomic E-state index is 0.558. The van der Waals surface area contributed by atoms with Gasteiger partial charge in [-0.05, 0) is 27.9 Å². The van der Waals surface area contributed by atoms with E-state index in [1.165, 1.54) is 7.11 Å². The van der Waals surface area contributed by atoms with Crippen LogP contribution in [0.25, 0.3) is 0 Å². The van der Waals surface area contributed by atoms with Crippen LogP contribution >= 0.6 is 0 Å². The molecule has 5 heteroatoms. The molecular weight excluding hydrogens is 210 g/mol. The molecule has 0 rings (SSSR count). The van der Waals surface area contributed by atoms with Gasteiger partial charge in [0.2, 0.25) is 0 Å². The normalized spacial score (nSPS) is 11.9. The number of esters is 2. The Morgan fingerprint density at radius 1 is 1.19 bits per heavy atom. The first-order valence-electron chi connectivity index (χ1n) is 4.90. The van der Waals surface area contributed by atoms with Gasteiger partial charge >= 0.3 is 11.9 Å². The van der Waals surface area contributed by atoms with E-state index < -0.39 is 17.5 Å². The fourth-order valence-electron chi connectivity index (χ4n) is 1.30. The van der Waals surface area contributed by atoms with Gasteiger partial charge in [-0.15, -0.1) is 0 Å². The van der Waals surface area contributed by atoms with Gasteiger partial charge in [0.15, 0.2) is 0 Å². The van der Waals surface area contributed by atoms with Crippen LogP contribution < -0.4 is 0 Å². The van der Waals surface area contributed by atoms with Gasteiger partial charge in [0.05, 0.1) is 7.11 Å². The Morgan fingerprint density at radius 3 is 2.12 bits per heavy atom. The van der Waals surface area contributed by atoms with Crippen LogP contribution in [-0.4, -0.2) is 50.2 Å². The van der Waals surface area contributed by atoms with Crippen LogP contribution in [0.15, 0.2) is 12.2 Å². The largest absolute Gasteiger partial charge is 0.466 e. The highest BCUT2D eigenvalue weighted by atomic mass is 16.6. The molecule has 0 unspecified atom stereocenters. The van der Waals surface area contributed by atoms with E-state index >= 15 is 0 Å². The molecule has 16 heavy (non-hydrogen) atoms. The zero-order valence-electron chi connectivity index (χ0n) is 10.4. The lowest BCUT2D eigenvalue weighted by Crippen LogP contribution is -2.38. The Hall–Kier alpha value is -1.36. The topological polar surface area (TPSA) is 55.8 Å². The van der Waals surface area contributed by atoms with Gasteiger partial charge in [0.1, 0.15) is 5.60 Å². The summed E-state index contributed by atoms with van der Waals surface area (Å²) in [5.74, 6) is -1.14. The summed E-state index contributed by atoms with van der Waals surface area (Å²) < 4.78 is 9.52. The summed E-state index contributed by atoms with van der Waals surface area (Å²) in [5.41, 5.74) is -0.596. The number of methoxy groups -OCH3 is 1. The molecule has 0 amide bonds. The summed E-state index contributed by atoms with van der Waals surface area (Å²) in [6, 6.07) is 0. The molecule has 0 spiro atoms. The molecule has 0 N–H and O–H groups in total. The first-order chi connectivity index (χ1) is 7.26. The SMILES string of the molecule is COC(=O)/C=C/C(=O)OC(C)(C)CN(C)C. The Morgan fingerprint density at radius 2 is 1.69 bits per heavy atom. The van der Waals surface area contributed by atoms with Crippen LogP contribution in [0.3, 0.4) is 0 Å². The number of carbonyl (C=O) groups is 2. The second-order valence-electron chi connectivity index (χ2n) is 4.28. The lowest BCUT2D eigenvalue weighted by atomic mass is 10.1. The van der Waals surface area contributed by atoms with E-state index in [1.807, 2.05) is 19.0 Å². The van der Waals surface area contributed by atoms with Crippen LogP contribution in [0.4, 0.5) is 0 Å². The Labute approximate surface area is 96.0 Å². The molecule has 0 saturated carbocycles. The van der Waals surface area contributed by atoms with E-state index in [0.717, 1.165) is 12.2 Å². The third-order valence-corrected chi connectivity index (χ3v) is 1.63. The molecule has 5 nitrogen and oxygen atoms in total. The maximum absolute atomic E-state index is 11.3. The highest BCUT2D eigenvalue weighted by Crippen LogP contribution is 2.10. The van der Waals surface area contributed by atoms with Crippen LogP contribution in [-0.2, 0) is 19.1 Å². The van der Waals surface area contributed by atoms with Gasteiger partial charge in [-0.1, -0.05) is 0 Å². The van der Waals surface area contributed by atoms with Crippen molar-refractivity contribution in [2.75, 3.05) is 27.7 Å². The summed E-state index contributed by atoms with van der Waals surface area (Å²) in [7, 11) is 5.02. The molecule has 0 aromatic heterocycles. The van der Waals surface area contributed by atoms with E-state index in [1.54, 1.807) is 13.8 Å². The molecule has 0 saturated heterocycles. The molecule has 0 aliphatic carbocycles. The number of rotatable bonds is 5. The fraction of sp³-hybridized carbons (Fsp3) is 0.636. The fourth-order valence-corrected chi connectivity index (χ4v) is 1.30. The van der Waals surface area contributed by atoms with Gasteiger partial charge in [-0.3, -0.25) is 0 Å². The quantitative estimate of drug-likeness (QED) is 0.510. The van der Waals surface area contributed by atoms with Crippen LogP contribution in [0.1, 0.15) is 13.8 Å². The molecule has 0 aliphatic rings. The minimum atomic E-state index is -0.596. The van der Waals surface area contributed by atoms with E-state index in [9.17, 15) is 9.59 Å². The lowest BCUT2D eigenvalue weighted by molar-refractivity contribution is -0.151. The average Bonchev–Trinajstić information content (AvgIpc) is 2.11. The summed E-state index contributed by atoms with van der Waals surface area (Å²) in [6.45, 7) is 4.21. The third kappa shape index (κ3) is 7.00. The van der Waals surface area contributed by atoms with E-state index in [-0.39, 0.29) is 0 Å². The molecule has 0 radical (unpaired) electrons. The van der Waals surface area contributed by atoms with Gasteiger partial charge < -0.3 is 14.4 Å². The third-order valence-electron chi connectivity index (χ3n) is 1.63. The van der Waals surface area contributed by atoms with Gasteiger partial charge in [-0.2, -0.15) is 0 Å². The summed E-state index contributed by atoms with van der Waals surface area (Å²) in [5, 5.41) is 0. The second-order valence-corrected chi connectivity index (χ2v) is 4.28. The van der Waals surface area contributed by atoms with Crippen molar-refractivity contribution >= 4 is 11.9 Å². The highest BCUT2D eigenvalue weighted by Gasteiger charge is 2.22. The maximum Gasteiger partial charge on any atom is 0.331 e. The molecule has 0 heterocycles. The smallest absolute Gasteiger partial charge is 0.331 e. The predicted molar refractivity (Wildman–Crippen MR) is 59.9 cm³/mol. The number of likely N-dealkylation sites (N-methyl/N-ethyl adjacent to an activating group) is 1. The van der Waals surface area contributed by atoms with Crippen molar-refractivity contribution in [3.63, 3.8) is 0 Å². The van der Waals surface area contributed by atoms with Crippen molar-refractivity contribution in [2.24, 2.45) is 0 Å². The van der Waals surface area contributed by atoms with Gasteiger partial charge in [0.25, 0.3) is 0 Å². The molecule has 0 aliphatic heterocycles. The Kier molecular flexibility index (Phi) is 5.74. The van der Waals surface area contributed by atoms with Crippen molar-refractivity contribution in [1.82, 2.24) is 4.90 Å². The van der Waals surface area contributed by atoms with Gasteiger partial charge in [-0.25, -0.2) is 9.59 Å². The molecule has 0 aromatic carbocycles. The van der Waals surface area contributed by atoms with Crippen molar-refractivity contribution in [1.29, 1.82) is 0 Å². The first kappa shape index (κ1) is 14.6. The number of hydrogen-bond donors (Lipinski definition) is 0. The van der Waals surface area contributed by atoms with E-state index in [4.69, 9.17) is 4.74 Å². The molecule has 0 aromatic rings. The van der Waals surface area contributed by atoms with Crippen LogP contribution in [0.5, 0.6) is 0 Å². The molecule has 0 bridgehead atoms. The number of hydrogen-bond acceptors (Lipinski definition) is 5.